The molecule has 0 saturated carbocycles. The SMILES string of the molecule is c1ccc(-c2cncc(O[C@@H]3CCN4CCCC3C4)n2)cc1. The lowest BCUT2D eigenvalue weighted by atomic mass is 9.87. The van der Waals surface area contributed by atoms with Gasteiger partial charge in [0.05, 0.1) is 18.1 Å². The molecule has 2 aliphatic heterocycles. The molecule has 0 amide bonds. The first kappa shape index (κ1) is 13.7. The highest BCUT2D eigenvalue weighted by Crippen LogP contribution is 2.29. The maximum Gasteiger partial charge on any atom is 0.233 e. The summed E-state index contributed by atoms with van der Waals surface area (Å²) in [6.45, 7) is 3.58. The molecule has 0 spiro atoms. The van der Waals surface area contributed by atoms with Crippen molar-refractivity contribution in [2.24, 2.45) is 5.92 Å². The highest BCUT2D eigenvalue weighted by Gasteiger charge is 2.33. The molecule has 2 fully saturated rings. The van der Waals surface area contributed by atoms with E-state index in [9.17, 15) is 0 Å². The molecule has 0 N–H and O–H groups in total. The largest absolute Gasteiger partial charge is 0.473 e. The topological polar surface area (TPSA) is 38.2 Å². The Morgan fingerprint density at radius 3 is 2.86 bits per heavy atom. The molecule has 4 nitrogen and oxygen atoms in total. The third-order valence-corrected chi connectivity index (χ3v) is 4.75. The van der Waals surface area contributed by atoms with Crippen LogP contribution in [0.1, 0.15) is 19.3 Å². The van der Waals surface area contributed by atoms with E-state index in [1.165, 1.54) is 25.9 Å². The van der Waals surface area contributed by atoms with Crippen molar-refractivity contribution in [3.05, 3.63) is 42.7 Å². The molecule has 114 valence electrons. The van der Waals surface area contributed by atoms with Crippen LogP contribution in [0.25, 0.3) is 11.3 Å². The standard InChI is InChI=1S/C18H21N3O/c1-2-5-14(6-3-1)16-11-19-12-18(20-16)22-17-8-10-21-9-4-7-15(17)13-21/h1-3,5-6,11-12,15,17H,4,7-10,13H2/t15?,17-/m1/s1. The minimum absolute atomic E-state index is 0.289. The number of fused-ring (bicyclic) bond motifs is 2. The molecule has 0 radical (unpaired) electrons. The van der Waals surface area contributed by atoms with Crippen molar-refractivity contribution in [3.8, 4) is 17.1 Å². The van der Waals surface area contributed by atoms with Gasteiger partial charge in [-0.05, 0) is 25.8 Å². The van der Waals surface area contributed by atoms with Crippen LogP contribution in [-0.4, -0.2) is 40.6 Å². The number of benzene rings is 1. The number of hydrogen-bond donors (Lipinski definition) is 0. The van der Waals surface area contributed by atoms with Crippen molar-refractivity contribution in [2.45, 2.75) is 25.4 Å². The zero-order chi connectivity index (χ0) is 14.8. The Kier molecular flexibility index (Phi) is 3.77. The molecule has 0 aliphatic carbocycles. The van der Waals surface area contributed by atoms with E-state index >= 15 is 0 Å². The van der Waals surface area contributed by atoms with E-state index in [0.717, 1.165) is 24.2 Å². The summed E-state index contributed by atoms with van der Waals surface area (Å²) >= 11 is 0. The summed E-state index contributed by atoms with van der Waals surface area (Å²) in [7, 11) is 0. The van der Waals surface area contributed by atoms with Crippen LogP contribution in [0.3, 0.4) is 0 Å². The van der Waals surface area contributed by atoms with Crippen LogP contribution in [0.4, 0.5) is 0 Å². The molecule has 2 aliphatic rings. The molecule has 2 bridgehead atoms. The Bertz CT molecular complexity index is 631. The number of ether oxygens (including phenoxy) is 1. The molecule has 2 saturated heterocycles. The second-order valence-electron chi connectivity index (χ2n) is 6.26. The smallest absolute Gasteiger partial charge is 0.233 e. The molecule has 4 heteroatoms. The summed E-state index contributed by atoms with van der Waals surface area (Å²) < 4.78 is 6.20. The van der Waals surface area contributed by atoms with E-state index in [1.54, 1.807) is 12.4 Å². The van der Waals surface area contributed by atoms with Crippen LogP contribution < -0.4 is 4.74 Å². The molecule has 4 rings (SSSR count). The fourth-order valence-electron chi connectivity index (χ4n) is 3.61. The highest BCUT2D eigenvalue weighted by molar-refractivity contribution is 5.57. The second-order valence-corrected chi connectivity index (χ2v) is 6.26. The average Bonchev–Trinajstić information content (AvgIpc) is 2.59. The van der Waals surface area contributed by atoms with Crippen molar-refractivity contribution < 1.29 is 4.74 Å². The molecule has 3 atom stereocenters. The number of aromatic nitrogens is 2. The monoisotopic (exact) mass is 295 g/mol. The highest BCUT2D eigenvalue weighted by atomic mass is 16.5. The zero-order valence-electron chi connectivity index (χ0n) is 12.7. The van der Waals surface area contributed by atoms with E-state index in [4.69, 9.17) is 4.74 Å². The fraction of sp³-hybridized carbons (Fsp3) is 0.444. The van der Waals surface area contributed by atoms with E-state index in [-0.39, 0.29) is 6.10 Å². The van der Waals surface area contributed by atoms with Crippen LogP contribution in [0.15, 0.2) is 42.7 Å². The first-order chi connectivity index (χ1) is 10.9. The van der Waals surface area contributed by atoms with Gasteiger partial charge in [-0.25, -0.2) is 4.98 Å². The lowest BCUT2D eigenvalue weighted by Gasteiger charge is -2.42. The number of nitrogens with zero attached hydrogens (tertiary/aromatic N) is 3. The zero-order valence-corrected chi connectivity index (χ0v) is 12.7. The fourth-order valence-corrected chi connectivity index (χ4v) is 3.61. The van der Waals surface area contributed by atoms with Gasteiger partial charge in [0.1, 0.15) is 6.10 Å². The van der Waals surface area contributed by atoms with Gasteiger partial charge >= 0.3 is 0 Å². The summed E-state index contributed by atoms with van der Waals surface area (Å²) in [6, 6.07) is 10.1. The molecule has 3 heterocycles. The van der Waals surface area contributed by atoms with Gasteiger partial charge in [0.15, 0.2) is 0 Å². The molecular weight excluding hydrogens is 274 g/mol. The summed E-state index contributed by atoms with van der Waals surface area (Å²) in [5, 5.41) is 0. The van der Waals surface area contributed by atoms with Crippen molar-refractivity contribution in [1.82, 2.24) is 14.9 Å². The minimum atomic E-state index is 0.289. The van der Waals surface area contributed by atoms with E-state index < -0.39 is 0 Å². The van der Waals surface area contributed by atoms with Crippen molar-refractivity contribution in [2.75, 3.05) is 19.6 Å². The molecule has 1 aromatic heterocycles. The van der Waals surface area contributed by atoms with Crippen LogP contribution in [0, 0.1) is 5.92 Å². The van der Waals surface area contributed by atoms with E-state index in [0.29, 0.717) is 11.8 Å². The lowest BCUT2D eigenvalue weighted by Crippen LogP contribution is -2.49. The third kappa shape index (κ3) is 2.83. The Balaban J connectivity index is 1.51. The van der Waals surface area contributed by atoms with Gasteiger partial charge in [-0.1, -0.05) is 30.3 Å². The molecule has 2 unspecified atom stereocenters. The summed E-state index contributed by atoms with van der Waals surface area (Å²) in [4.78, 5) is 11.5. The Labute approximate surface area is 131 Å². The van der Waals surface area contributed by atoms with Gasteiger partial charge in [-0.3, -0.25) is 4.98 Å². The predicted molar refractivity (Wildman–Crippen MR) is 85.7 cm³/mol. The summed E-state index contributed by atoms with van der Waals surface area (Å²) in [6.07, 6.45) is 7.49. The maximum atomic E-state index is 6.20. The van der Waals surface area contributed by atoms with Gasteiger partial charge < -0.3 is 9.64 Å². The van der Waals surface area contributed by atoms with Crippen LogP contribution in [0.5, 0.6) is 5.88 Å². The first-order valence-electron chi connectivity index (χ1n) is 8.15. The van der Waals surface area contributed by atoms with Gasteiger partial charge in [-0.2, -0.15) is 0 Å². The molecule has 2 aromatic rings. The third-order valence-electron chi connectivity index (χ3n) is 4.75. The maximum absolute atomic E-state index is 6.20. The normalized spacial score (nSPS) is 27.4. The van der Waals surface area contributed by atoms with Gasteiger partial charge in [0.25, 0.3) is 0 Å². The van der Waals surface area contributed by atoms with Crippen LogP contribution >= 0.6 is 0 Å². The quantitative estimate of drug-likeness (QED) is 0.872. The van der Waals surface area contributed by atoms with Gasteiger partial charge in [0.2, 0.25) is 5.88 Å². The first-order valence-corrected chi connectivity index (χ1v) is 8.15. The molecular formula is C18H21N3O. The predicted octanol–water partition coefficient (Wildman–Crippen LogP) is 3.01. The summed E-state index contributed by atoms with van der Waals surface area (Å²) in [5.74, 6) is 1.30. The van der Waals surface area contributed by atoms with Gasteiger partial charge in [0, 0.05) is 24.6 Å². The van der Waals surface area contributed by atoms with E-state index in [2.05, 4.69) is 14.9 Å². The number of piperidine rings is 2. The minimum Gasteiger partial charge on any atom is -0.473 e. The number of hydrogen-bond acceptors (Lipinski definition) is 4. The Hall–Kier alpha value is -1.94. The average molecular weight is 295 g/mol. The number of rotatable bonds is 3. The van der Waals surface area contributed by atoms with Crippen molar-refractivity contribution in [1.29, 1.82) is 0 Å². The van der Waals surface area contributed by atoms with E-state index in [1.807, 2.05) is 30.3 Å². The summed E-state index contributed by atoms with van der Waals surface area (Å²) in [5.41, 5.74) is 1.95. The van der Waals surface area contributed by atoms with Gasteiger partial charge in [-0.15, -0.1) is 0 Å². The van der Waals surface area contributed by atoms with Crippen LogP contribution in [-0.2, 0) is 0 Å². The Morgan fingerprint density at radius 2 is 1.95 bits per heavy atom. The second kappa shape index (κ2) is 6.05. The van der Waals surface area contributed by atoms with Crippen molar-refractivity contribution in [3.63, 3.8) is 0 Å². The Morgan fingerprint density at radius 1 is 1.05 bits per heavy atom. The molecule has 1 aromatic carbocycles. The molecule has 22 heavy (non-hydrogen) atoms. The van der Waals surface area contributed by atoms with Crippen molar-refractivity contribution >= 4 is 0 Å². The van der Waals surface area contributed by atoms with Crippen LogP contribution in [0.2, 0.25) is 0 Å². The lowest BCUT2D eigenvalue weighted by molar-refractivity contribution is 0.0127.